The van der Waals surface area contributed by atoms with Crippen LogP contribution in [0.1, 0.15) is 46.3 Å². The number of nitrogens with one attached hydrogen (secondary N) is 1. The second-order valence-corrected chi connectivity index (χ2v) is 9.00. The minimum atomic E-state index is -1.12. The van der Waals surface area contributed by atoms with Crippen molar-refractivity contribution in [2.24, 2.45) is 5.92 Å². The maximum Gasteiger partial charge on any atom is 0.408 e. The van der Waals surface area contributed by atoms with Crippen molar-refractivity contribution in [3.8, 4) is 5.75 Å². The number of carboxylic acid groups (broad SMARTS) is 1. The lowest BCUT2D eigenvalue weighted by atomic mass is 9.86. The number of furan rings is 1. The number of fused-ring (bicyclic) bond motifs is 3. The fourth-order valence-electron chi connectivity index (χ4n) is 4.85. The maximum atomic E-state index is 13.0. The number of benzene rings is 2. The van der Waals surface area contributed by atoms with Gasteiger partial charge < -0.3 is 24.3 Å². The number of rotatable bonds is 8. The Bertz CT molecular complexity index is 1170. The molecule has 8 heteroatoms. The van der Waals surface area contributed by atoms with Gasteiger partial charge in [-0.05, 0) is 67.2 Å². The minimum Gasteiger partial charge on any atom is -0.486 e. The number of hydrogen-bond acceptors (Lipinski definition) is 6. The Labute approximate surface area is 203 Å². The molecule has 2 atom stereocenters. The smallest absolute Gasteiger partial charge is 0.408 e. The molecule has 1 amide bonds. The number of piperidine rings is 3. The summed E-state index contributed by atoms with van der Waals surface area (Å²) in [5, 5.41) is 12.1. The van der Waals surface area contributed by atoms with Gasteiger partial charge in [-0.1, -0.05) is 42.5 Å². The number of carbonyl (C=O) groups excluding carboxylic acids is 1. The second kappa shape index (κ2) is 10.2. The summed E-state index contributed by atoms with van der Waals surface area (Å²) in [4.78, 5) is 26.3. The average molecular weight is 477 g/mol. The van der Waals surface area contributed by atoms with E-state index in [9.17, 15) is 9.59 Å². The van der Waals surface area contributed by atoms with Gasteiger partial charge in [0.15, 0.2) is 0 Å². The van der Waals surface area contributed by atoms with Gasteiger partial charge in [0, 0.05) is 6.54 Å². The van der Waals surface area contributed by atoms with E-state index in [1.54, 1.807) is 12.1 Å². The van der Waals surface area contributed by atoms with Crippen LogP contribution in [-0.2, 0) is 11.3 Å². The molecule has 6 rings (SSSR count). The zero-order chi connectivity index (χ0) is 24.2. The molecule has 1 aromatic heterocycles. The van der Waals surface area contributed by atoms with Crippen molar-refractivity contribution in [3.05, 3.63) is 89.4 Å². The van der Waals surface area contributed by atoms with Crippen LogP contribution in [-0.4, -0.2) is 47.8 Å². The highest BCUT2D eigenvalue weighted by Gasteiger charge is 2.36. The minimum absolute atomic E-state index is 0.0763. The molecule has 2 N–H and O–H groups in total. The average Bonchev–Trinajstić information content (AvgIpc) is 3.37. The predicted octanol–water partition coefficient (Wildman–Crippen LogP) is 4.47. The van der Waals surface area contributed by atoms with Crippen LogP contribution in [0.3, 0.4) is 0 Å². The van der Waals surface area contributed by atoms with Gasteiger partial charge in [-0.2, -0.15) is 0 Å². The van der Waals surface area contributed by atoms with Gasteiger partial charge in [0.05, 0.1) is 6.04 Å². The lowest BCUT2D eigenvalue weighted by molar-refractivity contribution is -0.0336. The fraction of sp³-hybridized carbons (Fsp3) is 0.333. The topological polar surface area (TPSA) is 101 Å². The Hall–Kier alpha value is -3.78. The lowest BCUT2D eigenvalue weighted by Crippen LogP contribution is -2.52. The predicted molar refractivity (Wildman–Crippen MR) is 127 cm³/mol. The largest absolute Gasteiger partial charge is 0.486 e. The van der Waals surface area contributed by atoms with Crippen molar-refractivity contribution >= 4 is 12.1 Å². The van der Waals surface area contributed by atoms with Crippen molar-refractivity contribution in [1.29, 1.82) is 0 Å². The summed E-state index contributed by atoms with van der Waals surface area (Å²) in [6.45, 7) is 3.05. The molecular formula is C27H28N2O6. The quantitative estimate of drug-likeness (QED) is 0.495. The summed E-state index contributed by atoms with van der Waals surface area (Å²) >= 11 is 0. The second-order valence-electron chi connectivity index (χ2n) is 9.00. The van der Waals surface area contributed by atoms with E-state index in [0.29, 0.717) is 17.4 Å². The molecule has 35 heavy (non-hydrogen) atoms. The molecule has 3 aliphatic rings. The number of amides is 1. The maximum absolute atomic E-state index is 13.0. The molecule has 8 nitrogen and oxygen atoms in total. The Morgan fingerprint density at radius 2 is 1.80 bits per heavy atom. The number of carboxylic acids is 1. The van der Waals surface area contributed by atoms with Crippen molar-refractivity contribution in [2.75, 3.05) is 19.6 Å². The molecule has 3 aromatic rings. The molecule has 0 radical (unpaired) electrons. The van der Waals surface area contributed by atoms with Gasteiger partial charge in [-0.3, -0.25) is 4.90 Å². The first-order valence-corrected chi connectivity index (χ1v) is 11.8. The first kappa shape index (κ1) is 23.0. The summed E-state index contributed by atoms with van der Waals surface area (Å²) in [5.74, 6) is 0.157. The van der Waals surface area contributed by atoms with E-state index in [1.807, 2.05) is 48.5 Å². The molecular weight excluding hydrogens is 448 g/mol. The van der Waals surface area contributed by atoms with Crippen molar-refractivity contribution in [3.63, 3.8) is 0 Å². The molecule has 2 aromatic carbocycles. The van der Waals surface area contributed by atoms with Crippen LogP contribution in [0.5, 0.6) is 5.75 Å². The van der Waals surface area contributed by atoms with Crippen LogP contribution in [0.2, 0.25) is 0 Å². The molecule has 3 fully saturated rings. The third-order valence-corrected chi connectivity index (χ3v) is 6.69. The monoisotopic (exact) mass is 476 g/mol. The number of ether oxygens (including phenoxy) is 2. The van der Waals surface area contributed by atoms with E-state index >= 15 is 0 Å². The molecule has 3 saturated heterocycles. The molecule has 182 valence electrons. The van der Waals surface area contributed by atoms with E-state index in [4.69, 9.17) is 19.0 Å². The van der Waals surface area contributed by atoms with E-state index in [-0.39, 0.29) is 18.5 Å². The highest BCUT2D eigenvalue weighted by molar-refractivity contribution is 5.84. The first-order valence-electron chi connectivity index (χ1n) is 11.8. The first-order chi connectivity index (χ1) is 17.0. The third-order valence-electron chi connectivity index (χ3n) is 6.69. The molecule has 0 aliphatic carbocycles. The van der Waals surface area contributed by atoms with Gasteiger partial charge in [0.2, 0.25) is 5.76 Å². The van der Waals surface area contributed by atoms with Crippen LogP contribution in [0.25, 0.3) is 0 Å². The SMILES string of the molecule is O=C(NC(c1ccccc1)c1cccc(OCc2ccc(C(=O)O)o2)c1)OC1CN2CCC1CC2. The summed E-state index contributed by atoms with van der Waals surface area (Å²) in [7, 11) is 0. The highest BCUT2D eigenvalue weighted by Crippen LogP contribution is 2.30. The van der Waals surface area contributed by atoms with Crippen molar-refractivity contribution in [1.82, 2.24) is 10.2 Å². The standard InChI is InChI=1S/C27H28N2O6/c30-26(31)23-10-9-22(34-23)17-33-21-8-4-7-20(15-21)25(19-5-2-1-3-6-19)28-27(32)35-24-16-29-13-11-18(24)12-14-29/h1-10,15,18,24-25H,11-14,16-17H2,(H,28,32)(H,30,31). The normalized spacial score (nSPS) is 21.8. The Balaban J connectivity index is 1.29. The van der Waals surface area contributed by atoms with Crippen LogP contribution in [0.15, 0.2) is 71.1 Å². The van der Waals surface area contributed by atoms with E-state index < -0.39 is 18.1 Å². The van der Waals surface area contributed by atoms with Crippen LogP contribution >= 0.6 is 0 Å². The molecule has 4 heterocycles. The van der Waals surface area contributed by atoms with Crippen LogP contribution in [0.4, 0.5) is 4.79 Å². The summed E-state index contributed by atoms with van der Waals surface area (Å²) < 4.78 is 17.0. The fourth-order valence-corrected chi connectivity index (χ4v) is 4.85. The Kier molecular flexibility index (Phi) is 6.72. The van der Waals surface area contributed by atoms with E-state index in [1.165, 1.54) is 6.07 Å². The van der Waals surface area contributed by atoms with Crippen LogP contribution in [0, 0.1) is 5.92 Å². The number of nitrogens with zero attached hydrogens (tertiary/aromatic N) is 1. The zero-order valence-corrected chi connectivity index (χ0v) is 19.3. The van der Waals surface area contributed by atoms with Crippen molar-refractivity contribution < 1.29 is 28.6 Å². The number of aromatic carboxylic acids is 1. The summed E-state index contributed by atoms with van der Waals surface area (Å²) in [6.07, 6.45) is 1.64. The summed E-state index contributed by atoms with van der Waals surface area (Å²) in [6, 6.07) is 19.7. The number of carbonyl (C=O) groups is 2. The van der Waals surface area contributed by atoms with Crippen molar-refractivity contribution in [2.45, 2.75) is 31.6 Å². The van der Waals surface area contributed by atoms with Gasteiger partial charge in [0.1, 0.15) is 24.2 Å². The molecule has 0 saturated carbocycles. The van der Waals surface area contributed by atoms with E-state index in [0.717, 1.165) is 43.6 Å². The highest BCUT2D eigenvalue weighted by atomic mass is 16.6. The molecule has 2 unspecified atom stereocenters. The van der Waals surface area contributed by atoms with Gasteiger partial charge in [0.25, 0.3) is 0 Å². The lowest BCUT2D eigenvalue weighted by Gasteiger charge is -2.43. The Morgan fingerprint density at radius 3 is 2.49 bits per heavy atom. The third kappa shape index (κ3) is 5.49. The number of alkyl carbamates (subject to hydrolysis) is 1. The molecule has 3 aliphatic heterocycles. The zero-order valence-electron chi connectivity index (χ0n) is 19.3. The van der Waals surface area contributed by atoms with Gasteiger partial charge in [-0.25, -0.2) is 9.59 Å². The molecule has 2 bridgehead atoms. The Morgan fingerprint density at radius 1 is 1.03 bits per heavy atom. The van der Waals surface area contributed by atoms with Gasteiger partial charge in [-0.15, -0.1) is 0 Å². The molecule has 0 spiro atoms. The summed E-state index contributed by atoms with van der Waals surface area (Å²) in [5.41, 5.74) is 1.76. The van der Waals surface area contributed by atoms with Crippen LogP contribution < -0.4 is 10.1 Å². The number of hydrogen-bond donors (Lipinski definition) is 2. The van der Waals surface area contributed by atoms with Gasteiger partial charge >= 0.3 is 12.1 Å². The van der Waals surface area contributed by atoms with E-state index in [2.05, 4.69) is 10.2 Å².